The van der Waals surface area contributed by atoms with Gasteiger partial charge in [0.15, 0.2) is 0 Å². The van der Waals surface area contributed by atoms with Crippen molar-refractivity contribution in [1.82, 2.24) is 24.8 Å². The molecule has 1 saturated carbocycles. The molecule has 140 valence electrons. The zero-order valence-electron chi connectivity index (χ0n) is 15.5. The first-order chi connectivity index (χ1) is 13.1. The van der Waals surface area contributed by atoms with Crippen molar-refractivity contribution in [3.63, 3.8) is 0 Å². The summed E-state index contributed by atoms with van der Waals surface area (Å²) in [5.74, 6) is 1.99. The van der Waals surface area contributed by atoms with Gasteiger partial charge in [-0.25, -0.2) is 9.97 Å². The second-order valence-electron chi connectivity index (χ2n) is 7.70. The summed E-state index contributed by atoms with van der Waals surface area (Å²) in [7, 11) is 0. The highest BCUT2D eigenvalue weighted by molar-refractivity contribution is 5.87. The Morgan fingerprint density at radius 3 is 2.81 bits per heavy atom. The molecule has 3 heterocycles. The normalized spacial score (nSPS) is 20.8. The summed E-state index contributed by atoms with van der Waals surface area (Å²) in [5.41, 5.74) is 3.92. The lowest BCUT2D eigenvalue weighted by molar-refractivity contribution is -0.119. The van der Waals surface area contributed by atoms with Crippen LogP contribution < -0.4 is 10.1 Å². The maximum atomic E-state index is 11.6. The first-order valence-electron chi connectivity index (χ1n) is 9.54. The number of ether oxygens (including phenoxy) is 1. The number of carbonyl (C=O) groups is 1. The standard InChI is InChI=1S/C20H23N5O2/c1-11(14-7-19(26)22-8-14)27-18-6-13(17-9-21-12(2)24-17)5-16-20(18)25(10-23-16)15-3-4-15/h5-6,9-11,14-15H,3-4,7-8H2,1-2H3,(H,21,24)(H,22,26). The monoisotopic (exact) mass is 365 g/mol. The number of nitrogens with zero attached hydrogens (tertiary/aromatic N) is 3. The van der Waals surface area contributed by atoms with Crippen molar-refractivity contribution >= 4 is 16.9 Å². The highest BCUT2D eigenvalue weighted by Crippen LogP contribution is 2.41. The van der Waals surface area contributed by atoms with Gasteiger partial charge in [0.2, 0.25) is 5.91 Å². The predicted octanol–water partition coefficient (Wildman–Crippen LogP) is 2.97. The smallest absolute Gasteiger partial charge is 0.220 e. The molecule has 1 saturated heterocycles. The largest absolute Gasteiger partial charge is 0.488 e. The highest BCUT2D eigenvalue weighted by atomic mass is 16.5. The van der Waals surface area contributed by atoms with Crippen molar-refractivity contribution < 1.29 is 9.53 Å². The summed E-state index contributed by atoms with van der Waals surface area (Å²) in [4.78, 5) is 23.8. The zero-order valence-corrected chi connectivity index (χ0v) is 15.5. The van der Waals surface area contributed by atoms with Gasteiger partial charge in [-0.05, 0) is 38.8 Å². The number of benzene rings is 1. The summed E-state index contributed by atoms with van der Waals surface area (Å²) >= 11 is 0. The van der Waals surface area contributed by atoms with Crippen LogP contribution in [0.3, 0.4) is 0 Å². The Morgan fingerprint density at radius 2 is 2.15 bits per heavy atom. The van der Waals surface area contributed by atoms with Gasteiger partial charge in [-0.2, -0.15) is 0 Å². The average molecular weight is 365 g/mol. The Balaban J connectivity index is 1.56. The maximum Gasteiger partial charge on any atom is 0.220 e. The number of fused-ring (bicyclic) bond motifs is 1. The van der Waals surface area contributed by atoms with Crippen LogP contribution in [-0.4, -0.2) is 38.1 Å². The van der Waals surface area contributed by atoms with E-state index >= 15 is 0 Å². The van der Waals surface area contributed by atoms with Crippen molar-refractivity contribution in [2.75, 3.05) is 6.54 Å². The van der Waals surface area contributed by atoms with Crippen LogP contribution in [0.1, 0.15) is 38.1 Å². The number of rotatable bonds is 5. The van der Waals surface area contributed by atoms with E-state index in [2.05, 4.69) is 37.0 Å². The van der Waals surface area contributed by atoms with E-state index in [1.807, 2.05) is 26.4 Å². The topological polar surface area (TPSA) is 84.8 Å². The van der Waals surface area contributed by atoms with Gasteiger partial charge in [-0.3, -0.25) is 4.79 Å². The molecule has 2 fully saturated rings. The molecule has 5 rings (SSSR count). The number of carbonyl (C=O) groups excluding carboxylic acids is 1. The second kappa shape index (κ2) is 6.11. The number of hydrogen-bond acceptors (Lipinski definition) is 4. The molecule has 1 aromatic carbocycles. The molecule has 3 aromatic rings. The number of amides is 1. The lowest BCUT2D eigenvalue weighted by Crippen LogP contribution is -2.25. The predicted molar refractivity (Wildman–Crippen MR) is 102 cm³/mol. The molecule has 27 heavy (non-hydrogen) atoms. The van der Waals surface area contributed by atoms with Gasteiger partial charge in [0.05, 0.1) is 23.7 Å². The van der Waals surface area contributed by atoms with Gasteiger partial charge >= 0.3 is 0 Å². The molecule has 2 atom stereocenters. The van der Waals surface area contributed by atoms with Crippen LogP contribution in [-0.2, 0) is 4.79 Å². The van der Waals surface area contributed by atoms with Crippen LogP contribution in [0.25, 0.3) is 22.3 Å². The van der Waals surface area contributed by atoms with E-state index in [0.717, 1.165) is 33.9 Å². The molecule has 7 nitrogen and oxygen atoms in total. The van der Waals surface area contributed by atoms with Crippen LogP contribution >= 0.6 is 0 Å². The summed E-state index contributed by atoms with van der Waals surface area (Å²) in [6.45, 7) is 4.65. The molecule has 2 aliphatic rings. The summed E-state index contributed by atoms with van der Waals surface area (Å²) in [6.07, 6.45) is 6.58. The third kappa shape index (κ3) is 2.97. The molecule has 0 bridgehead atoms. The molecule has 2 aromatic heterocycles. The van der Waals surface area contributed by atoms with Crippen LogP contribution in [0, 0.1) is 12.8 Å². The summed E-state index contributed by atoms with van der Waals surface area (Å²) in [5, 5.41) is 2.90. The van der Waals surface area contributed by atoms with Gasteiger partial charge in [-0.1, -0.05) is 0 Å². The zero-order chi connectivity index (χ0) is 18.5. The molecule has 1 amide bonds. The minimum absolute atomic E-state index is 0.0616. The van der Waals surface area contributed by atoms with E-state index in [-0.39, 0.29) is 17.9 Å². The van der Waals surface area contributed by atoms with Crippen LogP contribution in [0.2, 0.25) is 0 Å². The lowest BCUT2D eigenvalue weighted by Gasteiger charge is -2.21. The van der Waals surface area contributed by atoms with Gasteiger partial charge in [0, 0.05) is 30.5 Å². The van der Waals surface area contributed by atoms with E-state index in [4.69, 9.17) is 4.74 Å². The number of aromatic nitrogens is 4. The van der Waals surface area contributed by atoms with Gasteiger partial charge < -0.3 is 19.6 Å². The summed E-state index contributed by atoms with van der Waals surface area (Å²) < 4.78 is 8.65. The minimum Gasteiger partial charge on any atom is -0.488 e. The highest BCUT2D eigenvalue weighted by Gasteiger charge is 2.30. The quantitative estimate of drug-likeness (QED) is 0.728. The first-order valence-corrected chi connectivity index (χ1v) is 9.54. The van der Waals surface area contributed by atoms with Gasteiger partial charge in [0.1, 0.15) is 23.2 Å². The summed E-state index contributed by atoms with van der Waals surface area (Å²) in [6, 6.07) is 4.67. The van der Waals surface area contributed by atoms with Crippen LogP contribution in [0.15, 0.2) is 24.7 Å². The number of aromatic amines is 1. The van der Waals surface area contributed by atoms with Crippen LogP contribution in [0.4, 0.5) is 0 Å². The van der Waals surface area contributed by atoms with Crippen LogP contribution in [0.5, 0.6) is 5.75 Å². The molecule has 1 aliphatic carbocycles. The van der Waals surface area contributed by atoms with Gasteiger partial charge in [-0.15, -0.1) is 0 Å². The van der Waals surface area contributed by atoms with E-state index in [9.17, 15) is 4.79 Å². The first kappa shape index (κ1) is 16.4. The van der Waals surface area contributed by atoms with Gasteiger partial charge in [0.25, 0.3) is 0 Å². The van der Waals surface area contributed by atoms with Crippen molar-refractivity contribution in [3.05, 3.63) is 30.5 Å². The van der Waals surface area contributed by atoms with Crippen molar-refractivity contribution in [2.24, 2.45) is 5.92 Å². The lowest BCUT2D eigenvalue weighted by atomic mass is 10.0. The fourth-order valence-corrected chi connectivity index (χ4v) is 3.83. The Labute approximate surface area is 157 Å². The number of H-pyrrole nitrogens is 1. The average Bonchev–Trinajstić information content (AvgIpc) is 3.04. The third-order valence-electron chi connectivity index (χ3n) is 5.57. The number of hydrogen-bond donors (Lipinski definition) is 2. The molecule has 1 aliphatic heterocycles. The van der Waals surface area contributed by atoms with E-state index in [0.29, 0.717) is 19.0 Å². The molecular weight excluding hydrogens is 342 g/mol. The Morgan fingerprint density at radius 1 is 1.30 bits per heavy atom. The van der Waals surface area contributed by atoms with E-state index in [1.165, 1.54) is 12.8 Å². The van der Waals surface area contributed by atoms with Crippen molar-refractivity contribution in [3.8, 4) is 17.0 Å². The fraction of sp³-hybridized carbons (Fsp3) is 0.450. The fourth-order valence-electron chi connectivity index (χ4n) is 3.83. The Bertz CT molecular complexity index is 1020. The number of imidazole rings is 2. The molecule has 2 N–H and O–H groups in total. The van der Waals surface area contributed by atoms with Crippen molar-refractivity contribution in [1.29, 1.82) is 0 Å². The molecule has 7 heteroatoms. The minimum atomic E-state index is -0.0616. The molecule has 0 radical (unpaired) electrons. The molecular formula is C20H23N5O2. The van der Waals surface area contributed by atoms with E-state index in [1.54, 1.807) is 0 Å². The van der Waals surface area contributed by atoms with E-state index < -0.39 is 0 Å². The Kier molecular flexibility index (Phi) is 3.70. The van der Waals surface area contributed by atoms with Crippen molar-refractivity contribution in [2.45, 2.75) is 45.3 Å². The SMILES string of the molecule is Cc1ncc(-c2cc(OC(C)C3CNC(=O)C3)c3c(c2)ncn3C2CC2)[nH]1. The Hall–Kier alpha value is -2.83. The number of nitrogens with one attached hydrogen (secondary N) is 2. The number of aryl methyl sites for hydroxylation is 1. The molecule has 2 unspecified atom stereocenters. The second-order valence-corrected chi connectivity index (χ2v) is 7.70. The maximum absolute atomic E-state index is 11.6. The third-order valence-corrected chi connectivity index (χ3v) is 5.57. The molecule has 0 spiro atoms.